The Hall–Kier alpha value is -3.48. The van der Waals surface area contributed by atoms with Crippen LogP contribution in [0.5, 0.6) is 0 Å². The first-order chi connectivity index (χ1) is 15.6. The van der Waals surface area contributed by atoms with Crippen molar-refractivity contribution in [3.8, 4) is 11.3 Å². The molecule has 5 aliphatic rings. The summed E-state index contributed by atoms with van der Waals surface area (Å²) in [5, 5.41) is 5.25. The quantitative estimate of drug-likeness (QED) is 0.313. The Morgan fingerprint density at radius 1 is 1.06 bits per heavy atom. The second-order valence-corrected chi connectivity index (χ2v) is 8.89. The van der Waals surface area contributed by atoms with Gasteiger partial charge in [-0.1, -0.05) is 24.3 Å². The van der Waals surface area contributed by atoms with Gasteiger partial charge in [-0.15, -0.1) is 0 Å². The summed E-state index contributed by atoms with van der Waals surface area (Å²) in [6.07, 6.45) is 6.84. The zero-order valence-corrected chi connectivity index (χ0v) is 17.5. The number of carbonyl (C=O) groups is 3. The maximum absolute atomic E-state index is 13.0. The molecule has 7 nitrogen and oxygen atoms in total. The lowest BCUT2D eigenvalue weighted by molar-refractivity contribution is -0.140. The Morgan fingerprint density at radius 2 is 1.72 bits per heavy atom. The monoisotopic (exact) mass is 430 g/mol. The van der Waals surface area contributed by atoms with Crippen molar-refractivity contribution in [3.63, 3.8) is 0 Å². The molecule has 2 aromatic rings. The molecule has 2 heterocycles. The Balaban J connectivity index is 1.18. The Kier molecular flexibility index (Phi) is 4.22. The van der Waals surface area contributed by atoms with Crippen LogP contribution in [0.1, 0.15) is 29.5 Å². The molecule has 4 aliphatic carbocycles. The van der Waals surface area contributed by atoms with Gasteiger partial charge in [-0.3, -0.25) is 9.59 Å². The number of furan rings is 1. The number of imide groups is 1. The molecule has 1 aromatic heterocycles. The zero-order chi connectivity index (χ0) is 22.0. The molecule has 162 valence electrons. The molecule has 6 atom stereocenters. The van der Waals surface area contributed by atoms with Gasteiger partial charge in [-0.2, -0.15) is 10.1 Å². The number of rotatable bonds is 5. The molecular weight excluding hydrogens is 408 g/mol. The van der Waals surface area contributed by atoms with E-state index in [-0.39, 0.29) is 41.5 Å². The van der Waals surface area contributed by atoms with E-state index in [0.29, 0.717) is 35.5 Å². The van der Waals surface area contributed by atoms with Crippen LogP contribution >= 0.6 is 0 Å². The average molecular weight is 430 g/mol. The SMILES string of the molecule is CCOC(=O)c1ccc(-c2ccc(/C=N\N3C(=O)[C@@H]4[C@H]5C=C[C@@H]([C@@H]6C[C@@H]56)[C@H]4C3=O)o2)cc1. The highest BCUT2D eigenvalue weighted by Gasteiger charge is 2.67. The third kappa shape index (κ3) is 2.80. The van der Waals surface area contributed by atoms with Crippen LogP contribution in [0.4, 0.5) is 0 Å². The molecule has 2 amide bonds. The molecule has 1 saturated heterocycles. The van der Waals surface area contributed by atoms with Gasteiger partial charge in [0, 0.05) is 5.56 Å². The van der Waals surface area contributed by atoms with E-state index in [1.54, 1.807) is 43.3 Å². The summed E-state index contributed by atoms with van der Waals surface area (Å²) < 4.78 is 10.8. The first-order valence-corrected chi connectivity index (χ1v) is 11.0. The molecule has 0 unspecified atom stereocenters. The van der Waals surface area contributed by atoms with E-state index < -0.39 is 0 Å². The fraction of sp³-hybridized carbons (Fsp3) is 0.360. The van der Waals surface area contributed by atoms with Gasteiger partial charge in [0.2, 0.25) is 0 Å². The first kappa shape index (κ1) is 19.2. The number of allylic oxidation sites excluding steroid dienone is 2. The van der Waals surface area contributed by atoms with Crippen LogP contribution in [-0.4, -0.2) is 35.6 Å². The van der Waals surface area contributed by atoms with Crippen LogP contribution in [0.2, 0.25) is 0 Å². The first-order valence-electron chi connectivity index (χ1n) is 11.0. The van der Waals surface area contributed by atoms with Crippen molar-refractivity contribution in [2.75, 3.05) is 6.61 Å². The van der Waals surface area contributed by atoms with Gasteiger partial charge >= 0.3 is 5.97 Å². The van der Waals surface area contributed by atoms with Crippen molar-refractivity contribution < 1.29 is 23.5 Å². The fourth-order valence-corrected chi connectivity index (χ4v) is 5.73. The maximum atomic E-state index is 13.0. The summed E-state index contributed by atoms with van der Waals surface area (Å²) in [7, 11) is 0. The number of carbonyl (C=O) groups excluding carboxylic acids is 3. The molecule has 2 bridgehead atoms. The van der Waals surface area contributed by atoms with Gasteiger partial charge < -0.3 is 9.15 Å². The van der Waals surface area contributed by atoms with Gasteiger partial charge in [-0.25, -0.2) is 4.79 Å². The molecule has 0 N–H and O–H groups in total. The summed E-state index contributed by atoms with van der Waals surface area (Å²) in [6.45, 7) is 2.09. The summed E-state index contributed by atoms with van der Waals surface area (Å²) in [5.41, 5.74) is 1.26. The average Bonchev–Trinajstić information content (AvgIpc) is 3.45. The second kappa shape index (κ2) is 7.02. The highest BCUT2D eigenvalue weighted by atomic mass is 16.5. The summed E-state index contributed by atoms with van der Waals surface area (Å²) in [6, 6.07) is 10.4. The molecular formula is C25H22N2O5. The lowest BCUT2D eigenvalue weighted by Crippen LogP contribution is -2.40. The predicted molar refractivity (Wildman–Crippen MR) is 114 cm³/mol. The Bertz CT molecular complexity index is 1140. The summed E-state index contributed by atoms with van der Waals surface area (Å²) >= 11 is 0. The predicted octanol–water partition coefficient (Wildman–Crippen LogP) is 3.51. The minimum atomic E-state index is -0.368. The second-order valence-electron chi connectivity index (χ2n) is 8.89. The molecule has 1 aliphatic heterocycles. The number of esters is 1. The van der Waals surface area contributed by atoms with Crippen LogP contribution in [-0.2, 0) is 14.3 Å². The summed E-state index contributed by atoms with van der Waals surface area (Å²) in [4.78, 5) is 37.7. The van der Waals surface area contributed by atoms with Crippen molar-refractivity contribution in [2.24, 2.45) is 40.6 Å². The highest BCUT2D eigenvalue weighted by Crippen LogP contribution is 2.65. The van der Waals surface area contributed by atoms with E-state index >= 15 is 0 Å². The van der Waals surface area contributed by atoms with E-state index in [1.165, 1.54) is 6.21 Å². The van der Waals surface area contributed by atoms with E-state index in [4.69, 9.17) is 9.15 Å². The summed E-state index contributed by atoms with van der Waals surface area (Å²) in [5.74, 6) is 1.25. The minimum Gasteiger partial charge on any atom is -0.462 e. The van der Waals surface area contributed by atoms with Gasteiger partial charge in [-0.05, 0) is 61.3 Å². The van der Waals surface area contributed by atoms with Crippen LogP contribution in [0.25, 0.3) is 11.3 Å². The molecule has 1 aromatic carbocycles. The minimum absolute atomic E-state index is 0.180. The molecule has 0 spiro atoms. The number of hydrogen-bond acceptors (Lipinski definition) is 6. The van der Waals surface area contributed by atoms with E-state index in [9.17, 15) is 14.4 Å². The normalized spacial score (nSPS) is 31.8. The number of amides is 2. The van der Waals surface area contributed by atoms with Crippen molar-refractivity contribution in [1.82, 2.24) is 5.01 Å². The van der Waals surface area contributed by atoms with Crippen molar-refractivity contribution >= 4 is 24.0 Å². The van der Waals surface area contributed by atoms with Crippen LogP contribution in [0.3, 0.4) is 0 Å². The third-order valence-electron chi connectivity index (χ3n) is 7.25. The third-order valence-corrected chi connectivity index (χ3v) is 7.25. The molecule has 0 radical (unpaired) electrons. The topological polar surface area (TPSA) is 89.2 Å². The number of nitrogens with zero attached hydrogens (tertiary/aromatic N) is 2. The fourth-order valence-electron chi connectivity index (χ4n) is 5.73. The van der Waals surface area contributed by atoms with Crippen LogP contribution in [0, 0.1) is 35.5 Å². The van der Waals surface area contributed by atoms with E-state index in [1.807, 2.05) is 0 Å². The molecule has 2 saturated carbocycles. The van der Waals surface area contributed by atoms with E-state index in [0.717, 1.165) is 17.0 Å². The van der Waals surface area contributed by atoms with Crippen LogP contribution in [0.15, 0.2) is 58.1 Å². The maximum Gasteiger partial charge on any atom is 0.338 e. The lowest BCUT2D eigenvalue weighted by Gasteiger charge is -2.37. The van der Waals surface area contributed by atoms with Crippen molar-refractivity contribution in [2.45, 2.75) is 13.3 Å². The number of benzene rings is 1. The highest BCUT2D eigenvalue weighted by molar-refractivity contribution is 6.06. The lowest BCUT2D eigenvalue weighted by atomic mass is 9.63. The van der Waals surface area contributed by atoms with Gasteiger partial charge in [0.05, 0.1) is 30.2 Å². The zero-order valence-electron chi connectivity index (χ0n) is 17.5. The molecule has 32 heavy (non-hydrogen) atoms. The molecule has 7 rings (SSSR count). The van der Waals surface area contributed by atoms with Crippen molar-refractivity contribution in [1.29, 1.82) is 0 Å². The number of hydrazone groups is 1. The van der Waals surface area contributed by atoms with E-state index in [2.05, 4.69) is 17.3 Å². The van der Waals surface area contributed by atoms with Crippen LogP contribution < -0.4 is 0 Å². The number of ether oxygens (including phenoxy) is 1. The standard InChI is InChI=1S/C25H22N2O5/c1-2-31-25(30)14-5-3-13(4-6-14)20-10-7-15(32-20)12-26-27-23(28)21-16-8-9-17(19-11-18(16)19)22(21)24(27)29/h3-10,12,16-19,21-22H,2,11H2,1H3/b26-12-/t16-,17-,18-,19-,21+,22+/m0/s1. The molecule has 7 heteroatoms. The largest absolute Gasteiger partial charge is 0.462 e. The smallest absolute Gasteiger partial charge is 0.338 e. The van der Waals surface area contributed by atoms with Gasteiger partial charge in [0.1, 0.15) is 11.5 Å². The van der Waals surface area contributed by atoms with Crippen molar-refractivity contribution in [3.05, 3.63) is 59.9 Å². The Labute approximate surface area is 184 Å². The Morgan fingerprint density at radius 3 is 2.34 bits per heavy atom. The van der Waals surface area contributed by atoms with Gasteiger partial charge in [0.25, 0.3) is 11.8 Å². The number of hydrogen-bond donors (Lipinski definition) is 0. The van der Waals surface area contributed by atoms with Gasteiger partial charge in [0.15, 0.2) is 0 Å². The molecule has 3 fully saturated rings.